The Morgan fingerprint density at radius 2 is 2.13 bits per heavy atom. The molecular weight excluding hydrogens is 295 g/mol. The molecule has 0 saturated carbocycles. The minimum atomic E-state index is -0.569. The van der Waals surface area contributed by atoms with Crippen LogP contribution in [0.2, 0.25) is 0 Å². The van der Waals surface area contributed by atoms with Gasteiger partial charge in [0, 0.05) is 24.2 Å². The Labute approximate surface area is 132 Å². The van der Waals surface area contributed by atoms with Crippen LogP contribution in [-0.2, 0) is 0 Å². The largest absolute Gasteiger partial charge is 0.508 e. The second-order valence-electron chi connectivity index (χ2n) is 5.08. The number of benzene rings is 1. The fourth-order valence-corrected chi connectivity index (χ4v) is 2.68. The van der Waals surface area contributed by atoms with Gasteiger partial charge in [-0.2, -0.15) is 0 Å². The van der Waals surface area contributed by atoms with E-state index in [1.807, 2.05) is 6.92 Å². The zero-order valence-electron chi connectivity index (χ0n) is 12.8. The van der Waals surface area contributed by atoms with Gasteiger partial charge in [0.2, 0.25) is 5.71 Å². The first-order valence-electron chi connectivity index (χ1n) is 7.03. The number of furan rings is 1. The molecule has 0 saturated heterocycles. The lowest BCUT2D eigenvalue weighted by molar-refractivity contribution is 0.469. The summed E-state index contributed by atoms with van der Waals surface area (Å²) in [5, 5.41) is 10.9. The van der Waals surface area contributed by atoms with E-state index >= 15 is 0 Å². The summed E-state index contributed by atoms with van der Waals surface area (Å²) in [5.41, 5.74) is 2.52. The Bertz CT molecular complexity index is 990. The third kappa shape index (κ3) is 2.40. The quantitative estimate of drug-likeness (QED) is 0.782. The topological polar surface area (TPSA) is 58.6 Å². The molecule has 0 radical (unpaired) electrons. The van der Waals surface area contributed by atoms with E-state index in [1.54, 1.807) is 19.2 Å². The number of rotatable bonds is 2. The van der Waals surface area contributed by atoms with Gasteiger partial charge in [-0.15, -0.1) is 0 Å². The summed E-state index contributed by atoms with van der Waals surface area (Å²) in [4.78, 5) is 8.79. The summed E-state index contributed by atoms with van der Waals surface area (Å²) in [7, 11) is 1.68. The summed E-state index contributed by atoms with van der Waals surface area (Å²) in [5.74, 6) is -0.711. The van der Waals surface area contributed by atoms with Crippen molar-refractivity contribution in [1.82, 2.24) is 4.98 Å². The minimum absolute atomic E-state index is 0.143. The molecule has 5 heteroatoms. The number of phenolic OH excluding ortho intramolecular Hbond substituents is 1. The third-order valence-electron chi connectivity index (χ3n) is 3.76. The number of hydrogen-bond acceptors (Lipinski definition) is 4. The van der Waals surface area contributed by atoms with Crippen molar-refractivity contribution in [3.8, 4) is 17.0 Å². The van der Waals surface area contributed by atoms with Crippen LogP contribution in [0.25, 0.3) is 28.4 Å². The summed E-state index contributed by atoms with van der Waals surface area (Å²) in [6.07, 6.45) is 3.15. The fraction of sp³-hybridized carbons (Fsp3) is 0.111. The van der Waals surface area contributed by atoms with Gasteiger partial charge in [-0.25, -0.2) is 9.37 Å². The summed E-state index contributed by atoms with van der Waals surface area (Å²) < 4.78 is 19.8. The molecule has 0 fully saturated rings. The Morgan fingerprint density at radius 1 is 1.35 bits per heavy atom. The Balaban J connectivity index is 2.53. The lowest BCUT2D eigenvalue weighted by Crippen LogP contribution is -2.05. The normalized spacial score (nSPS) is 11.9. The average Bonchev–Trinajstić information content (AvgIpc) is 2.92. The molecule has 0 aliphatic carbocycles. The molecule has 23 heavy (non-hydrogen) atoms. The van der Waals surface area contributed by atoms with Crippen molar-refractivity contribution in [2.45, 2.75) is 6.92 Å². The van der Waals surface area contributed by atoms with Crippen LogP contribution in [0.3, 0.4) is 0 Å². The summed E-state index contributed by atoms with van der Waals surface area (Å²) >= 11 is 0. The lowest BCUT2D eigenvalue weighted by Gasteiger charge is -2.06. The number of hydrogen-bond donors (Lipinski definition) is 1. The number of nitrogens with zero attached hydrogens (tertiary/aromatic N) is 2. The molecule has 0 bridgehead atoms. The maximum absolute atomic E-state index is 14.3. The van der Waals surface area contributed by atoms with Crippen molar-refractivity contribution in [1.29, 1.82) is 0 Å². The smallest absolute Gasteiger partial charge is 0.228 e. The second kappa shape index (κ2) is 5.68. The van der Waals surface area contributed by atoms with Crippen LogP contribution >= 0.6 is 0 Å². The monoisotopic (exact) mass is 310 g/mol. The number of aromatic nitrogens is 1. The van der Waals surface area contributed by atoms with Crippen molar-refractivity contribution in [3.63, 3.8) is 0 Å². The molecule has 0 atom stereocenters. The minimum Gasteiger partial charge on any atom is -0.508 e. The van der Waals surface area contributed by atoms with Gasteiger partial charge in [0.15, 0.2) is 0 Å². The van der Waals surface area contributed by atoms with Crippen LogP contribution < -0.4 is 5.36 Å². The lowest BCUT2D eigenvalue weighted by atomic mass is 10.0. The predicted octanol–water partition coefficient (Wildman–Crippen LogP) is 3.82. The first kappa shape index (κ1) is 15.0. The number of fused-ring (bicyclic) bond motifs is 1. The van der Waals surface area contributed by atoms with Crippen LogP contribution in [0.4, 0.5) is 4.39 Å². The van der Waals surface area contributed by atoms with Crippen LogP contribution in [-0.4, -0.2) is 17.1 Å². The van der Waals surface area contributed by atoms with Crippen LogP contribution in [0, 0.1) is 12.7 Å². The zero-order chi connectivity index (χ0) is 16.6. The maximum Gasteiger partial charge on any atom is 0.228 e. The molecular formula is C18H15FN2O2. The third-order valence-corrected chi connectivity index (χ3v) is 3.76. The SMILES string of the molecule is C=Cc1c(-c2ccc(O)cc2F)nc2occc2c(=NC)c1C. The number of phenols is 1. The standard InChI is InChI=1S/C18H15FN2O2/c1-4-12-10(2)16(20-3)14-7-8-23-18(14)21-17(12)13-6-5-11(22)9-15(13)19/h4-9,22H,1H2,2-3H3. The van der Waals surface area contributed by atoms with Gasteiger partial charge in [0.05, 0.1) is 22.7 Å². The second-order valence-corrected chi connectivity index (χ2v) is 5.08. The van der Waals surface area contributed by atoms with Gasteiger partial charge in [-0.1, -0.05) is 12.7 Å². The molecule has 2 aromatic heterocycles. The average molecular weight is 310 g/mol. The number of aromatic hydroxyl groups is 1. The molecule has 4 nitrogen and oxygen atoms in total. The highest BCUT2D eigenvalue weighted by Gasteiger charge is 2.15. The maximum atomic E-state index is 14.3. The van der Waals surface area contributed by atoms with E-state index in [0.717, 1.165) is 22.4 Å². The van der Waals surface area contributed by atoms with Crippen LogP contribution in [0.15, 0.2) is 46.5 Å². The molecule has 3 aromatic rings. The molecule has 0 unspecified atom stereocenters. The Kier molecular flexibility index (Phi) is 3.70. The molecule has 0 amide bonds. The van der Waals surface area contributed by atoms with Gasteiger partial charge >= 0.3 is 0 Å². The van der Waals surface area contributed by atoms with Gasteiger partial charge in [0.25, 0.3) is 0 Å². The number of halogens is 1. The Hall–Kier alpha value is -2.95. The fourth-order valence-electron chi connectivity index (χ4n) is 2.68. The van der Waals surface area contributed by atoms with Crippen molar-refractivity contribution in [2.24, 2.45) is 4.99 Å². The van der Waals surface area contributed by atoms with Gasteiger partial charge in [-0.3, -0.25) is 4.99 Å². The summed E-state index contributed by atoms with van der Waals surface area (Å²) in [6, 6.07) is 5.73. The van der Waals surface area contributed by atoms with E-state index in [-0.39, 0.29) is 11.3 Å². The molecule has 1 aromatic carbocycles. The van der Waals surface area contributed by atoms with Gasteiger partial charge in [-0.05, 0) is 30.7 Å². The highest BCUT2D eigenvalue weighted by Crippen LogP contribution is 2.29. The molecule has 116 valence electrons. The summed E-state index contributed by atoms with van der Waals surface area (Å²) in [6.45, 7) is 5.70. The van der Waals surface area contributed by atoms with Crippen LogP contribution in [0.5, 0.6) is 5.75 Å². The first-order valence-corrected chi connectivity index (χ1v) is 7.03. The predicted molar refractivity (Wildman–Crippen MR) is 87.4 cm³/mol. The Morgan fingerprint density at radius 3 is 2.78 bits per heavy atom. The first-order chi connectivity index (χ1) is 11.1. The molecule has 0 aliphatic rings. The van der Waals surface area contributed by atoms with Crippen molar-refractivity contribution in [3.05, 3.63) is 59.4 Å². The van der Waals surface area contributed by atoms with E-state index in [1.165, 1.54) is 18.4 Å². The van der Waals surface area contributed by atoms with Crippen LogP contribution in [0.1, 0.15) is 11.1 Å². The van der Waals surface area contributed by atoms with Gasteiger partial charge < -0.3 is 9.52 Å². The van der Waals surface area contributed by atoms with E-state index in [2.05, 4.69) is 16.6 Å². The van der Waals surface area contributed by atoms with Crippen molar-refractivity contribution >= 4 is 17.2 Å². The zero-order valence-corrected chi connectivity index (χ0v) is 12.8. The van der Waals surface area contributed by atoms with Crippen molar-refractivity contribution < 1.29 is 13.9 Å². The highest BCUT2D eigenvalue weighted by molar-refractivity contribution is 5.81. The van der Waals surface area contributed by atoms with E-state index in [0.29, 0.717) is 17.0 Å². The van der Waals surface area contributed by atoms with E-state index < -0.39 is 5.82 Å². The molecule has 1 N–H and O–H groups in total. The van der Waals surface area contributed by atoms with Crippen molar-refractivity contribution in [2.75, 3.05) is 7.05 Å². The molecule has 2 heterocycles. The van der Waals surface area contributed by atoms with E-state index in [4.69, 9.17) is 4.42 Å². The van der Waals surface area contributed by atoms with E-state index in [9.17, 15) is 9.50 Å². The van der Waals surface area contributed by atoms with Gasteiger partial charge in [0.1, 0.15) is 11.6 Å². The molecule has 0 spiro atoms. The molecule has 0 aliphatic heterocycles. The molecule has 3 rings (SSSR count). The highest BCUT2D eigenvalue weighted by atomic mass is 19.1.